The zero-order valence-corrected chi connectivity index (χ0v) is 6.80. The third kappa shape index (κ3) is 1.70. The zero-order chi connectivity index (χ0) is 10.0. The van der Waals surface area contributed by atoms with Gasteiger partial charge < -0.3 is 16.6 Å². The number of benzene rings is 1. The Kier molecular flexibility index (Phi) is 2.67. The van der Waals surface area contributed by atoms with Gasteiger partial charge in [-0.15, -0.1) is 0 Å². The third-order valence-electron chi connectivity index (χ3n) is 1.76. The highest BCUT2D eigenvalue weighted by molar-refractivity contribution is 5.57. The Bertz CT molecular complexity index is 317. The number of nitrogen functional groups attached to an aromatic ring is 1. The molecule has 1 aromatic carbocycles. The van der Waals surface area contributed by atoms with Crippen LogP contribution in [0.25, 0.3) is 0 Å². The molecular formula is C8H10F2N2O. The van der Waals surface area contributed by atoms with E-state index in [1.807, 2.05) is 0 Å². The Morgan fingerprint density at radius 3 is 2.62 bits per heavy atom. The Morgan fingerprint density at radius 1 is 1.46 bits per heavy atom. The third-order valence-corrected chi connectivity index (χ3v) is 1.76. The van der Waals surface area contributed by atoms with Crippen LogP contribution in [0.4, 0.5) is 14.5 Å². The summed E-state index contributed by atoms with van der Waals surface area (Å²) in [6.07, 6.45) is 0. The van der Waals surface area contributed by atoms with Crippen molar-refractivity contribution in [2.24, 2.45) is 5.73 Å². The van der Waals surface area contributed by atoms with Gasteiger partial charge in [0.2, 0.25) is 0 Å². The van der Waals surface area contributed by atoms with Crippen molar-refractivity contribution in [3.8, 4) is 5.75 Å². The number of alkyl halides is 1. The van der Waals surface area contributed by atoms with E-state index >= 15 is 0 Å². The molecule has 13 heavy (non-hydrogen) atoms. The number of anilines is 1. The number of rotatable bonds is 2. The van der Waals surface area contributed by atoms with E-state index in [4.69, 9.17) is 11.5 Å². The molecule has 0 heterocycles. The summed E-state index contributed by atoms with van der Waals surface area (Å²) in [5.41, 5.74) is 10.2. The lowest BCUT2D eigenvalue weighted by molar-refractivity contribution is 0.413. The Balaban J connectivity index is 3.18. The van der Waals surface area contributed by atoms with Crippen molar-refractivity contribution in [1.29, 1.82) is 0 Å². The monoisotopic (exact) mass is 188 g/mol. The summed E-state index contributed by atoms with van der Waals surface area (Å²) in [7, 11) is 0. The lowest BCUT2D eigenvalue weighted by Gasteiger charge is -2.11. The van der Waals surface area contributed by atoms with Crippen molar-refractivity contribution in [2.75, 3.05) is 12.4 Å². The summed E-state index contributed by atoms with van der Waals surface area (Å²) in [5, 5.41) is 9.27. The van der Waals surface area contributed by atoms with Crippen LogP contribution in [0.15, 0.2) is 12.1 Å². The van der Waals surface area contributed by atoms with Crippen LogP contribution in [0.1, 0.15) is 11.6 Å². The molecule has 0 aliphatic carbocycles. The predicted molar refractivity (Wildman–Crippen MR) is 45.4 cm³/mol. The first-order chi connectivity index (χ1) is 6.07. The molecule has 0 aliphatic rings. The predicted octanol–water partition coefficient (Wildman–Crippen LogP) is 1.08. The molecule has 1 atom stereocenters. The molecule has 0 saturated carbocycles. The summed E-state index contributed by atoms with van der Waals surface area (Å²) in [4.78, 5) is 0. The van der Waals surface area contributed by atoms with Gasteiger partial charge >= 0.3 is 0 Å². The van der Waals surface area contributed by atoms with E-state index in [2.05, 4.69) is 0 Å². The fraction of sp³-hybridized carbons (Fsp3) is 0.250. The summed E-state index contributed by atoms with van der Waals surface area (Å²) in [5.74, 6) is -1.22. The molecule has 3 nitrogen and oxygen atoms in total. The number of nitrogens with two attached hydrogens (primary N) is 2. The van der Waals surface area contributed by atoms with E-state index in [0.717, 1.165) is 6.07 Å². The van der Waals surface area contributed by atoms with Crippen LogP contribution in [0.5, 0.6) is 5.75 Å². The Hall–Kier alpha value is -1.36. The highest BCUT2D eigenvalue weighted by atomic mass is 19.1. The molecule has 1 aromatic rings. The van der Waals surface area contributed by atoms with Crippen LogP contribution in [0.2, 0.25) is 0 Å². The van der Waals surface area contributed by atoms with Gasteiger partial charge in [-0.25, -0.2) is 8.78 Å². The van der Waals surface area contributed by atoms with E-state index in [1.165, 1.54) is 6.07 Å². The summed E-state index contributed by atoms with van der Waals surface area (Å²) >= 11 is 0. The molecule has 0 bridgehead atoms. The second kappa shape index (κ2) is 3.57. The van der Waals surface area contributed by atoms with Crippen LogP contribution >= 0.6 is 0 Å². The van der Waals surface area contributed by atoms with Crippen LogP contribution < -0.4 is 11.5 Å². The molecule has 0 aliphatic heterocycles. The Labute approximate surface area is 74.0 Å². The number of halogens is 2. The zero-order valence-electron chi connectivity index (χ0n) is 6.80. The van der Waals surface area contributed by atoms with Crippen molar-refractivity contribution < 1.29 is 13.9 Å². The normalized spacial score (nSPS) is 12.8. The smallest absolute Gasteiger partial charge is 0.149 e. The maximum Gasteiger partial charge on any atom is 0.149 e. The quantitative estimate of drug-likeness (QED) is 0.480. The molecule has 0 aromatic heterocycles. The summed E-state index contributed by atoms with van der Waals surface area (Å²) in [6, 6.07) is 1.29. The van der Waals surface area contributed by atoms with E-state index < -0.39 is 30.0 Å². The van der Waals surface area contributed by atoms with Crippen LogP contribution in [-0.2, 0) is 0 Å². The maximum atomic E-state index is 12.7. The van der Waals surface area contributed by atoms with Crippen LogP contribution in [0.3, 0.4) is 0 Å². The van der Waals surface area contributed by atoms with Gasteiger partial charge in [0.1, 0.15) is 23.9 Å². The topological polar surface area (TPSA) is 72.3 Å². The first kappa shape index (κ1) is 9.73. The molecule has 0 amide bonds. The van der Waals surface area contributed by atoms with Crippen LogP contribution in [0, 0.1) is 5.82 Å². The number of phenols is 1. The van der Waals surface area contributed by atoms with Gasteiger partial charge in [-0.3, -0.25) is 0 Å². The van der Waals surface area contributed by atoms with Gasteiger partial charge in [0.05, 0.1) is 6.04 Å². The molecule has 0 spiro atoms. The van der Waals surface area contributed by atoms with Gasteiger partial charge in [0.25, 0.3) is 0 Å². The second-order valence-electron chi connectivity index (χ2n) is 2.66. The van der Waals surface area contributed by atoms with Crippen molar-refractivity contribution >= 4 is 5.69 Å². The van der Waals surface area contributed by atoms with Gasteiger partial charge in [-0.05, 0) is 6.07 Å². The molecule has 0 saturated heterocycles. The van der Waals surface area contributed by atoms with Gasteiger partial charge in [-0.2, -0.15) is 0 Å². The molecule has 1 rings (SSSR count). The van der Waals surface area contributed by atoms with Crippen molar-refractivity contribution in [2.45, 2.75) is 6.04 Å². The largest absolute Gasteiger partial charge is 0.505 e. The fourth-order valence-electron chi connectivity index (χ4n) is 0.983. The van der Waals surface area contributed by atoms with Crippen molar-refractivity contribution in [3.63, 3.8) is 0 Å². The maximum absolute atomic E-state index is 12.7. The van der Waals surface area contributed by atoms with Crippen molar-refractivity contribution in [1.82, 2.24) is 0 Å². The van der Waals surface area contributed by atoms with E-state index in [9.17, 15) is 13.9 Å². The number of hydrogen-bond acceptors (Lipinski definition) is 3. The minimum absolute atomic E-state index is 0.112. The highest BCUT2D eigenvalue weighted by Crippen LogP contribution is 2.30. The molecular weight excluding hydrogens is 178 g/mol. The molecule has 5 N–H and O–H groups in total. The summed E-state index contributed by atoms with van der Waals surface area (Å²) < 4.78 is 24.8. The van der Waals surface area contributed by atoms with E-state index in [0.29, 0.717) is 0 Å². The minimum Gasteiger partial charge on any atom is -0.505 e. The molecule has 72 valence electrons. The van der Waals surface area contributed by atoms with E-state index in [1.54, 1.807) is 0 Å². The lowest BCUT2D eigenvalue weighted by Crippen LogP contribution is -2.13. The van der Waals surface area contributed by atoms with Gasteiger partial charge in [-0.1, -0.05) is 6.07 Å². The SMILES string of the molecule is Nc1c(F)ccc([C@H](N)CF)c1O. The molecule has 0 fully saturated rings. The lowest BCUT2D eigenvalue weighted by atomic mass is 10.1. The number of phenolic OH excluding ortho intramolecular Hbond substituents is 1. The first-order valence-corrected chi connectivity index (χ1v) is 3.66. The summed E-state index contributed by atoms with van der Waals surface area (Å²) in [6.45, 7) is -0.835. The minimum atomic E-state index is -0.970. The average molecular weight is 188 g/mol. The number of hydrogen-bond donors (Lipinski definition) is 3. The molecule has 0 radical (unpaired) electrons. The second-order valence-corrected chi connectivity index (χ2v) is 2.66. The highest BCUT2D eigenvalue weighted by Gasteiger charge is 2.14. The van der Waals surface area contributed by atoms with Gasteiger partial charge in [0.15, 0.2) is 0 Å². The van der Waals surface area contributed by atoms with E-state index in [-0.39, 0.29) is 5.56 Å². The fourth-order valence-corrected chi connectivity index (χ4v) is 0.983. The standard InChI is InChI=1S/C8H10F2N2O/c9-3-6(11)4-1-2-5(10)7(12)8(4)13/h1-2,6,13H,3,11-12H2/t6-/m1/s1. The van der Waals surface area contributed by atoms with Crippen LogP contribution in [-0.4, -0.2) is 11.8 Å². The number of aromatic hydroxyl groups is 1. The first-order valence-electron chi connectivity index (χ1n) is 3.66. The average Bonchev–Trinajstić information content (AvgIpc) is 2.13. The molecule has 5 heteroatoms. The van der Waals surface area contributed by atoms with Gasteiger partial charge in [0, 0.05) is 5.56 Å². The molecule has 0 unspecified atom stereocenters. The Morgan fingerprint density at radius 2 is 2.08 bits per heavy atom. The van der Waals surface area contributed by atoms with Crippen molar-refractivity contribution in [3.05, 3.63) is 23.5 Å².